The summed E-state index contributed by atoms with van der Waals surface area (Å²) >= 11 is 0. The van der Waals surface area contributed by atoms with E-state index in [2.05, 4.69) is 44.2 Å². The third kappa shape index (κ3) is 4.00. The first-order valence-corrected chi connectivity index (χ1v) is 5.90. The van der Waals surface area contributed by atoms with Gasteiger partial charge < -0.3 is 0 Å². The SMILES string of the molecule is CCCCB(CC)Cc1ccccc1. The summed E-state index contributed by atoms with van der Waals surface area (Å²) < 4.78 is 0. The molecule has 0 nitrogen and oxygen atoms in total. The molecule has 0 unspecified atom stereocenters. The molecule has 1 rings (SSSR count). The van der Waals surface area contributed by atoms with Crippen LogP contribution in [0.5, 0.6) is 0 Å². The van der Waals surface area contributed by atoms with Gasteiger partial charge in [0, 0.05) is 0 Å². The van der Waals surface area contributed by atoms with Gasteiger partial charge in [-0.15, -0.1) is 0 Å². The van der Waals surface area contributed by atoms with E-state index in [0.717, 1.165) is 6.71 Å². The second-order valence-electron chi connectivity index (χ2n) is 4.11. The molecule has 1 heteroatoms. The van der Waals surface area contributed by atoms with Crippen LogP contribution in [0.4, 0.5) is 0 Å². The second-order valence-corrected chi connectivity index (χ2v) is 4.11. The summed E-state index contributed by atoms with van der Waals surface area (Å²) in [6.07, 6.45) is 6.67. The molecule has 0 atom stereocenters. The molecular formula is C13H21B. The van der Waals surface area contributed by atoms with Crippen LogP contribution in [0.15, 0.2) is 30.3 Å². The second kappa shape index (κ2) is 6.70. The van der Waals surface area contributed by atoms with Gasteiger partial charge in [0.2, 0.25) is 0 Å². The van der Waals surface area contributed by atoms with E-state index < -0.39 is 0 Å². The Hall–Kier alpha value is -0.715. The van der Waals surface area contributed by atoms with Gasteiger partial charge in [0.05, 0.1) is 0 Å². The molecule has 1 aromatic rings. The number of benzene rings is 1. The molecule has 0 aliphatic carbocycles. The fourth-order valence-corrected chi connectivity index (χ4v) is 1.89. The lowest BCUT2D eigenvalue weighted by Crippen LogP contribution is -2.14. The summed E-state index contributed by atoms with van der Waals surface area (Å²) in [7, 11) is 0. The average molecular weight is 188 g/mol. The normalized spacial score (nSPS) is 10.1. The molecule has 0 N–H and O–H groups in total. The van der Waals surface area contributed by atoms with Crippen molar-refractivity contribution in [3.05, 3.63) is 35.9 Å². The molecule has 0 heterocycles. The van der Waals surface area contributed by atoms with Gasteiger partial charge in [0.15, 0.2) is 0 Å². The van der Waals surface area contributed by atoms with Crippen molar-refractivity contribution in [2.75, 3.05) is 0 Å². The highest BCUT2D eigenvalue weighted by atomic mass is 13.9. The van der Waals surface area contributed by atoms with E-state index in [1.807, 2.05) is 0 Å². The Labute approximate surface area is 88.8 Å². The van der Waals surface area contributed by atoms with Crippen molar-refractivity contribution in [3.8, 4) is 0 Å². The summed E-state index contributed by atoms with van der Waals surface area (Å²) in [5.41, 5.74) is 1.50. The van der Waals surface area contributed by atoms with E-state index in [9.17, 15) is 0 Å². The maximum absolute atomic E-state index is 2.31. The molecule has 1 aromatic carbocycles. The van der Waals surface area contributed by atoms with Gasteiger partial charge in [0.1, 0.15) is 6.71 Å². The fourth-order valence-electron chi connectivity index (χ4n) is 1.89. The first-order chi connectivity index (χ1) is 6.86. The maximum Gasteiger partial charge on any atom is 0.144 e. The van der Waals surface area contributed by atoms with E-state index in [4.69, 9.17) is 0 Å². The van der Waals surface area contributed by atoms with Crippen molar-refractivity contribution in [2.45, 2.75) is 45.6 Å². The van der Waals surface area contributed by atoms with Crippen LogP contribution in [0.3, 0.4) is 0 Å². The first-order valence-electron chi connectivity index (χ1n) is 5.90. The van der Waals surface area contributed by atoms with Crippen LogP contribution in [-0.2, 0) is 6.32 Å². The Kier molecular flexibility index (Phi) is 5.43. The third-order valence-corrected chi connectivity index (χ3v) is 2.91. The third-order valence-electron chi connectivity index (χ3n) is 2.91. The van der Waals surface area contributed by atoms with Gasteiger partial charge in [-0.2, -0.15) is 0 Å². The van der Waals surface area contributed by atoms with Gasteiger partial charge in [-0.3, -0.25) is 0 Å². The predicted molar refractivity (Wildman–Crippen MR) is 66.1 cm³/mol. The van der Waals surface area contributed by atoms with Crippen molar-refractivity contribution >= 4 is 6.71 Å². The molecule has 0 bridgehead atoms. The summed E-state index contributed by atoms with van der Waals surface area (Å²) in [5.74, 6) is 0. The van der Waals surface area contributed by atoms with Gasteiger partial charge in [0.25, 0.3) is 0 Å². The minimum Gasteiger partial charge on any atom is -0.0767 e. The smallest absolute Gasteiger partial charge is 0.0767 e. The Bertz CT molecular complexity index is 230. The van der Waals surface area contributed by atoms with E-state index in [0.29, 0.717) is 0 Å². The predicted octanol–water partition coefficient (Wildman–Crippen LogP) is 4.08. The highest BCUT2D eigenvalue weighted by Crippen LogP contribution is 2.11. The molecule has 0 aromatic heterocycles. The Morgan fingerprint density at radius 2 is 1.79 bits per heavy atom. The zero-order valence-corrected chi connectivity index (χ0v) is 9.50. The molecule has 0 amide bonds. The molecule has 0 fully saturated rings. The van der Waals surface area contributed by atoms with Crippen molar-refractivity contribution in [2.24, 2.45) is 0 Å². The standard InChI is InChI=1S/C13H21B/c1-3-5-11-14(4-2)12-13-9-7-6-8-10-13/h6-10H,3-5,11-12H2,1-2H3. The first kappa shape index (κ1) is 11.4. The quantitative estimate of drug-likeness (QED) is 0.590. The molecule has 0 spiro atoms. The highest BCUT2D eigenvalue weighted by Gasteiger charge is 2.10. The molecule has 0 radical (unpaired) electrons. The zero-order valence-electron chi connectivity index (χ0n) is 9.50. The lowest BCUT2D eigenvalue weighted by atomic mass is 9.42. The number of rotatable bonds is 6. The Morgan fingerprint density at radius 3 is 2.36 bits per heavy atom. The summed E-state index contributed by atoms with van der Waals surface area (Å²) in [6, 6.07) is 10.9. The Balaban J connectivity index is 2.40. The number of hydrogen-bond acceptors (Lipinski definition) is 0. The van der Waals surface area contributed by atoms with Gasteiger partial charge in [-0.25, -0.2) is 0 Å². The Morgan fingerprint density at radius 1 is 1.07 bits per heavy atom. The molecule has 0 saturated heterocycles. The summed E-state index contributed by atoms with van der Waals surface area (Å²) in [5, 5.41) is 0. The molecule has 0 aliphatic rings. The van der Waals surface area contributed by atoms with Gasteiger partial charge in [-0.05, 0) is 6.32 Å². The molecule has 0 saturated carbocycles. The van der Waals surface area contributed by atoms with Crippen LogP contribution in [0.2, 0.25) is 12.6 Å². The van der Waals surface area contributed by atoms with Crippen LogP contribution >= 0.6 is 0 Å². The van der Waals surface area contributed by atoms with E-state index in [1.165, 1.54) is 37.4 Å². The number of hydrogen-bond donors (Lipinski definition) is 0. The van der Waals surface area contributed by atoms with Crippen LogP contribution in [0.1, 0.15) is 32.3 Å². The lowest BCUT2D eigenvalue weighted by molar-refractivity contribution is 0.867. The fraction of sp³-hybridized carbons (Fsp3) is 0.538. The largest absolute Gasteiger partial charge is 0.144 e. The van der Waals surface area contributed by atoms with Crippen molar-refractivity contribution in [1.29, 1.82) is 0 Å². The van der Waals surface area contributed by atoms with Crippen molar-refractivity contribution in [1.82, 2.24) is 0 Å². The summed E-state index contributed by atoms with van der Waals surface area (Å²) in [6.45, 7) is 5.47. The molecule has 76 valence electrons. The van der Waals surface area contributed by atoms with Crippen molar-refractivity contribution < 1.29 is 0 Å². The monoisotopic (exact) mass is 188 g/mol. The van der Waals surface area contributed by atoms with Crippen LogP contribution in [0, 0.1) is 0 Å². The van der Waals surface area contributed by atoms with Crippen molar-refractivity contribution in [3.63, 3.8) is 0 Å². The summed E-state index contributed by atoms with van der Waals surface area (Å²) in [4.78, 5) is 0. The van der Waals surface area contributed by atoms with Gasteiger partial charge in [-0.1, -0.05) is 75.2 Å². The maximum atomic E-state index is 2.31. The van der Waals surface area contributed by atoms with E-state index in [1.54, 1.807) is 0 Å². The molecule has 14 heavy (non-hydrogen) atoms. The highest BCUT2D eigenvalue weighted by molar-refractivity contribution is 6.58. The minimum absolute atomic E-state index is 0.886. The van der Waals surface area contributed by atoms with Gasteiger partial charge >= 0.3 is 0 Å². The minimum atomic E-state index is 0.886. The van der Waals surface area contributed by atoms with E-state index in [-0.39, 0.29) is 0 Å². The van der Waals surface area contributed by atoms with Crippen LogP contribution < -0.4 is 0 Å². The van der Waals surface area contributed by atoms with E-state index >= 15 is 0 Å². The zero-order chi connectivity index (χ0) is 10.2. The topological polar surface area (TPSA) is 0 Å². The number of unbranched alkanes of at least 4 members (excludes halogenated alkanes) is 1. The molecule has 0 aliphatic heterocycles. The average Bonchev–Trinajstić information content (AvgIpc) is 2.25. The van der Waals surface area contributed by atoms with Crippen LogP contribution in [-0.4, -0.2) is 6.71 Å². The lowest BCUT2D eigenvalue weighted by Gasteiger charge is -2.10. The molecular weight excluding hydrogens is 167 g/mol. The van der Waals surface area contributed by atoms with Crippen LogP contribution in [0.25, 0.3) is 0 Å².